The minimum atomic E-state index is 0.0298. The monoisotopic (exact) mass is 185 g/mol. The van der Waals surface area contributed by atoms with E-state index in [0.29, 0.717) is 24.5 Å². The van der Waals surface area contributed by atoms with Gasteiger partial charge in [-0.25, -0.2) is 0 Å². The van der Waals surface area contributed by atoms with Gasteiger partial charge in [0.1, 0.15) is 0 Å². The largest absolute Gasteiger partial charge is 0.376 e. The predicted molar refractivity (Wildman–Crippen MR) is 51.3 cm³/mol. The van der Waals surface area contributed by atoms with E-state index < -0.39 is 0 Å². The summed E-state index contributed by atoms with van der Waals surface area (Å²) in [5, 5.41) is 2.92. The Labute approximate surface area is 79.8 Å². The summed E-state index contributed by atoms with van der Waals surface area (Å²) >= 11 is 0. The van der Waals surface area contributed by atoms with E-state index in [1.54, 1.807) is 6.92 Å². The molecule has 0 aromatic heterocycles. The van der Waals surface area contributed by atoms with E-state index in [2.05, 4.69) is 26.1 Å². The van der Waals surface area contributed by atoms with E-state index in [4.69, 9.17) is 4.74 Å². The lowest BCUT2D eigenvalue weighted by Crippen LogP contribution is -2.50. The topological polar surface area (TPSA) is 38.3 Å². The normalized spacial score (nSPS) is 40.0. The molecule has 1 N–H and O–H groups in total. The van der Waals surface area contributed by atoms with Crippen LogP contribution in [0.2, 0.25) is 0 Å². The molecule has 1 heterocycles. The van der Waals surface area contributed by atoms with Gasteiger partial charge in [0.15, 0.2) is 0 Å². The summed E-state index contributed by atoms with van der Waals surface area (Å²) in [6, 6.07) is 0.184. The van der Waals surface area contributed by atoms with Crippen molar-refractivity contribution in [1.82, 2.24) is 5.32 Å². The molecule has 0 saturated carbocycles. The molecule has 1 amide bonds. The molecular formula is C10H19NO2. The van der Waals surface area contributed by atoms with E-state index in [9.17, 15) is 4.79 Å². The molecule has 1 rings (SSSR count). The fourth-order valence-electron chi connectivity index (χ4n) is 1.79. The second kappa shape index (κ2) is 4.09. The van der Waals surface area contributed by atoms with Crippen LogP contribution in [-0.4, -0.2) is 24.7 Å². The van der Waals surface area contributed by atoms with Crippen molar-refractivity contribution in [3.05, 3.63) is 0 Å². The Morgan fingerprint density at radius 1 is 1.31 bits per heavy atom. The van der Waals surface area contributed by atoms with Gasteiger partial charge in [-0.2, -0.15) is 0 Å². The summed E-state index contributed by atoms with van der Waals surface area (Å²) in [7, 11) is 0. The highest BCUT2D eigenvalue weighted by atomic mass is 16.5. The molecule has 3 heteroatoms. The smallest absolute Gasteiger partial charge is 0.217 e. The second-order valence-electron chi connectivity index (χ2n) is 4.06. The number of ether oxygens (including phenoxy) is 1. The number of amides is 1. The standard InChI is InChI=1S/C10H19NO2/c1-6-7(2)10(11-9(4)12)5-13-8(6)3/h6-8,10H,5H2,1-4H3,(H,11,12)/t6?,7-,8?,10-/m0/s1. The summed E-state index contributed by atoms with van der Waals surface area (Å²) in [5.74, 6) is 1.03. The van der Waals surface area contributed by atoms with Gasteiger partial charge in [0, 0.05) is 6.92 Å². The van der Waals surface area contributed by atoms with Crippen molar-refractivity contribution in [2.75, 3.05) is 6.61 Å². The molecule has 0 bridgehead atoms. The van der Waals surface area contributed by atoms with Crippen LogP contribution in [0.5, 0.6) is 0 Å². The Hall–Kier alpha value is -0.570. The van der Waals surface area contributed by atoms with Crippen molar-refractivity contribution in [3.8, 4) is 0 Å². The van der Waals surface area contributed by atoms with E-state index >= 15 is 0 Å². The van der Waals surface area contributed by atoms with Gasteiger partial charge >= 0.3 is 0 Å². The van der Waals surface area contributed by atoms with Crippen LogP contribution < -0.4 is 5.32 Å². The molecule has 0 radical (unpaired) electrons. The summed E-state index contributed by atoms with van der Waals surface area (Å²) in [4.78, 5) is 10.9. The Bertz CT molecular complexity index is 193. The lowest BCUT2D eigenvalue weighted by Gasteiger charge is -2.38. The zero-order valence-electron chi connectivity index (χ0n) is 8.83. The van der Waals surface area contributed by atoms with Gasteiger partial charge in [-0.1, -0.05) is 13.8 Å². The van der Waals surface area contributed by atoms with Crippen molar-refractivity contribution in [2.45, 2.75) is 39.8 Å². The molecule has 0 spiro atoms. The zero-order chi connectivity index (χ0) is 10.0. The van der Waals surface area contributed by atoms with Gasteiger partial charge in [-0.15, -0.1) is 0 Å². The maximum atomic E-state index is 10.9. The fraction of sp³-hybridized carbons (Fsp3) is 0.900. The first-order valence-corrected chi connectivity index (χ1v) is 4.91. The number of rotatable bonds is 1. The molecule has 0 aromatic rings. The Balaban J connectivity index is 2.53. The molecule has 76 valence electrons. The highest BCUT2D eigenvalue weighted by molar-refractivity contribution is 5.73. The molecule has 1 saturated heterocycles. The molecule has 1 aliphatic heterocycles. The molecule has 1 fully saturated rings. The van der Waals surface area contributed by atoms with Gasteiger partial charge < -0.3 is 10.1 Å². The summed E-state index contributed by atoms with van der Waals surface area (Å²) in [6.07, 6.45) is 0.306. The molecule has 0 aromatic carbocycles. The highest BCUT2D eigenvalue weighted by Gasteiger charge is 2.32. The summed E-state index contributed by atoms with van der Waals surface area (Å²) < 4.78 is 5.56. The Morgan fingerprint density at radius 3 is 2.46 bits per heavy atom. The van der Waals surface area contributed by atoms with Gasteiger partial charge in [0.05, 0.1) is 18.8 Å². The predicted octanol–water partition coefficient (Wildman–Crippen LogP) is 1.18. The lowest BCUT2D eigenvalue weighted by atomic mass is 9.83. The van der Waals surface area contributed by atoms with Crippen LogP contribution >= 0.6 is 0 Å². The van der Waals surface area contributed by atoms with Gasteiger partial charge in [-0.3, -0.25) is 4.79 Å². The molecule has 13 heavy (non-hydrogen) atoms. The van der Waals surface area contributed by atoms with Crippen LogP contribution in [0.4, 0.5) is 0 Å². The third-order valence-corrected chi connectivity index (χ3v) is 3.13. The summed E-state index contributed by atoms with van der Waals surface area (Å²) in [5.41, 5.74) is 0. The van der Waals surface area contributed by atoms with Crippen molar-refractivity contribution < 1.29 is 9.53 Å². The number of hydrogen-bond donors (Lipinski definition) is 1. The minimum absolute atomic E-state index is 0.0298. The van der Waals surface area contributed by atoms with Crippen molar-refractivity contribution in [3.63, 3.8) is 0 Å². The lowest BCUT2D eigenvalue weighted by molar-refractivity contribution is -0.123. The Kier molecular flexibility index (Phi) is 3.31. The van der Waals surface area contributed by atoms with Gasteiger partial charge in [0.25, 0.3) is 0 Å². The third kappa shape index (κ3) is 2.44. The number of carbonyl (C=O) groups excluding carboxylic acids is 1. The molecule has 0 aliphatic carbocycles. The van der Waals surface area contributed by atoms with E-state index in [1.807, 2.05) is 0 Å². The number of hydrogen-bond acceptors (Lipinski definition) is 2. The van der Waals surface area contributed by atoms with Crippen LogP contribution in [0.15, 0.2) is 0 Å². The van der Waals surface area contributed by atoms with Gasteiger partial charge in [-0.05, 0) is 18.8 Å². The van der Waals surface area contributed by atoms with Gasteiger partial charge in [0.2, 0.25) is 5.91 Å². The van der Waals surface area contributed by atoms with Crippen LogP contribution in [0, 0.1) is 11.8 Å². The molecule has 3 nitrogen and oxygen atoms in total. The number of carbonyl (C=O) groups is 1. The quantitative estimate of drug-likeness (QED) is 0.666. The molecular weight excluding hydrogens is 166 g/mol. The van der Waals surface area contributed by atoms with E-state index in [1.165, 1.54) is 0 Å². The average Bonchev–Trinajstić information content (AvgIpc) is 2.06. The fourth-order valence-corrected chi connectivity index (χ4v) is 1.79. The van der Waals surface area contributed by atoms with Crippen LogP contribution in [0.1, 0.15) is 27.7 Å². The maximum Gasteiger partial charge on any atom is 0.217 e. The van der Waals surface area contributed by atoms with Crippen molar-refractivity contribution in [1.29, 1.82) is 0 Å². The third-order valence-electron chi connectivity index (χ3n) is 3.13. The highest BCUT2D eigenvalue weighted by Crippen LogP contribution is 2.26. The average molecular weight is 185 g/mol. The van der Waals surface area contributed by atoms with E-state index in [0.717, 1.165) is 0 Å². The number of nitrogens with one attached hydrogen (secondary N) is 1. The molecule has 1 aliphatic rings. The van der Waals surface area contributed by atoms with Crippen molar-refractivity contribution in [2.24, 2.45) is 11.8 Å². The van der Waals surface area contributed by atoms with E-state index in [-0.39, 0.29) is 11.9 Å². The first kappa shape index (κ1) is 10.5. The van der Waals surface area contributed by atoms with Crippen molar-refractivity contribution >= 4 is 5.91 Å². The minimum Gasteiger partial charge on any atom is -0.376 e. The van der Waals surface area contributed by atoms with Crippen LogP contribution in [0.3, 0.4) is 0 Å². The SMILES string of the molecule is CC(=O)N[C@H]1COC(C)C(C)[C@@H]1C. The molecule has 2 unspecified atom stereocenters. The molecule has 4 atom stereocenters. The zero-order valence-corrected chi connectivity index (χ0v) is 8.83. The first-order valence-electron chi connectivity index (χ1n) is 4.91. The second-order valence-corrected chi connectivity index (χ2v) is 4.06. The first-order chi connectivity index (χ1) is 6.02. The van der Waals surface area contributed by atoms with Crippen LogP contribution in [-0.2, 0) is 9.53 Å². The summed E-state index contributed by atoms with van der Waals surface area (Å²) in [6.45, 7) is 8.63. The Morgan fingerprint density at radius 2 is 1.92 bits per heavy atom. The van der Waals surface area contributed by atoms with Crippen LogP contribution in [0.25, 0.3) is 0 Å². The maximum absolute atomic E-state index is 10.9.